The first kappa shape index (κ1) is 31.1. The molecule has 3 N–H and O–H groups in total. The maximum absolute atomic E-state index is 13.6. The average molecular weight is 603 g/mol. The zero-order valence-electron chi connectivity index (χ0n) is 23.7. The van der Waals surface area contributed by atoms with Gasteiger partial charge >= 0.3 is 0 Å². The van der Waals surface area contributed by atoms with Gasteiger partial charge in [0.05, 0.1) is 30.5 Å². The molecule has 0 spiro atoms. The van der Waals surface area contributed by atoms with Crippen LogP contribution in [0.3, 0.4) is 0 Å². The van der Waals surface area contributed by atoms with E-state index in [-0.39, 0.29) is 35.1 Å². The highest BCUT2D eigenvalue weighted by Gasteiger charge is 2.36. The molecule has 11 heteroatoms. The summed E-state index contributed by atoms with van der Waals surface area (Å²) in [6.07, 6.45) is 2.62. The lowest BCUT2D eigenvalue weighted by atomic mass is 10.0. The van der Waals surface area contributed by atoms with Crippen LogP contribution in [0, 0.1) is 23.7 Å². The van der Waals surface area contributed by atoms with Crippen molar-refractivity contribution in [3.63, 3.8) is 0 Å². The molecule has 41 heavy (non-hydrogen) atoms. The zero-order valence-corrected chi connectivity index (χ0v) is 25.3. The van der Waals surface area contributed by atoms with Crippen LogP contribution >= 0.6 is 11.6 Å². The van der Waals surface area contributed by atoms with E-state index < -0.39 is 33.3 Å². The number of rotatable bonds is 14. The number of anilines is 1. The van der Waals surface area contributed by atoms with Crippen molar-refractivity contribution in [3.05, 3.63) is 53.6 Å². The third-order valence-electron chi connectivity index (χ3n) is 7.16. The maximum atomic E-state index is 13.6. The van der Waals surface area contributed by atoms with E-state index in [4.69, 9.17) is 16.3 Å². The maximum Gasteiger partial charge on any atom is 0.251 e. The number of pyridine rings is 1. The van der Waals surface area contributed by atoms with Crippen LogP contribution in [0.25, 0.3) is 0 Å². The summed E-state index contributed by atoms with van der Waals surface area (Å²) in [5, 5.41) is 16.5. The second-order valence-corrected chi connectivity index (χ2v) is 14.1. The first-order valence-corrected chi connectivity index (χ1v) is 16.0. The molecule has 4 rings (SSSR count). The van der Waals surface area contributed by atoms with Crippen molar-refractivity contribution in [2.24, 2.45) is 11.8 Å². The fourth-order valence-electron chi connectivity index (χ4n) is 4.13. The number of nitrogens with one attached hydrogen (secondary N) is 2. The van der Waals surface area contributed by atoms with Crippen molar-refractivity contribution in [3.8, 4) is 17.7 Å². The molecule has 0 bridgehead atoms. The van der Waals surface area contributed by atoms with Gasteiger partial charge in [-0.25, -0.2) is 8.42 Å². The van der Waals surface area contributed by atoms with Gasteiger partial charge < -0.3 is 20.5 Å². The largest absolute Gasteiger partial charge is 0.477 e. The van der Waals surface area contributed by atoms with E-state index in [1.807, 2.05) is 30.3 Å². The van der Waals surface area contributed by atoms with Gasteiger partial charge in [0.15, 0.2) is 0 Å². The first-order chi connectivity index (χ1) is 19.5. The Morgan fingerprint density at radius 1 is 1.24 bits per heavy atom. The Bertz CT molecular complexity index is 1360. The molecule has 0 aliphatic heterocycles. The summed E-state index contributed by atoms with van der Waals surface area (Å²) < 4.78 is 32.6. The number of aliphatic hydroxyl groups is 1. The summed E-state index contributed by atoms with van der Waals surface area (Å²) in [5.41, 5.74) is 1.12. The number of hydrogen-bond donors (Lipinski definition) is 3. The van der Waals surface area contributed by atoms with Crippen LogP contribution in [0.2, 0.25) is 0 Å². The molecule has 2 aliphatic rings. The molecule has 1 heterocycles. The second-order valence-electron chi connectivity index (χ2n) is 11.0. The number of carbonyl (C=O) groups is 1. The summed E-state index contributed by atoms with van der Waals surface area (Å²) in [6, 6.07) is 11.9. The average Bonchev–Trinajstić information content (AvgIpc) is 3.89. The fraction of sp³-hybridized carbons (Fsp3) is 0.533. The Kier molecular flexibility index (Phi) is 10.5. The van der Waals surface area contributed by atoms with Gasteiger partial charge in [-0.1, -0.05) is 42.2 Å². The van der Waals surface area contributed by atoms with E-state index in [0.717, 1.165) is 29.1 Å². The van der Waals surface area contributed by atoms with Crippen molar-refractivity contribution in [2.45, 2.75) is 62.3 Å². The normalized spacial score (nSPS) is 19.6. The highest BCUT2D eigenvalue weighted by atomic mass is 35.5. The van der Waals surface area contributed by atoms with Gasteiger partial charge in [-0.3, -0.25) is 9.10 Å². The zero-order chi connectivity index (χ0) is 29.6. The molecule has 2 aromatic rings. The minimum absolute atomic E-state index is 0.0403. The number of benzene rings is 1. The quantitative estimate of drug-likeness (QED) is 0.173. The molecule has 2 aliphatic carbocycles. The molecule has 9 nitrogen and oxygen atoms in total. The van der Waals surface area contributed by atoms with Crippen molar-refractivity contribution in [1.29, 1.82) is 0 Å². The van der Waals surface area contributed by atoms with Gasteiger partial charge in [-0.15, -0.1) is 11.6 Å². The standard InChI is InChI=1S/C30H39ClN4O5S/c1-20(2)41(38,39)35(3)28-16-23(17-29(34-28)40-19-24-15-25(24)31)30(37)33-26(14-22-8-5-4-6-9-22)27(36)18-32-13-7-10-21-11-12-21/h4-6,8-9,16-17,20-21,24-27,32,36H,11-15,18-19H2,1-3H3,(H,33,37). The van der Waals surface area contributed by atoms with Gasteiger partial charge in [0, 0.05) is 42.4 Å². The van der Waals surface area contributed by atoms with Crippen LogP contribution in [0.15, 0.2) is 42.5 Å². The van der Waals surface area contributed by atoms with Crippen LogP contribution in [-0.2, 0) is 16.4 Å². The van der Waals surface area contributed by atoms with Crippen LogP contribution < -0.4 is 19.7 Å². The van der Waals surface area contributed by atoms with Crippen LogP contribution in [0.1, 0.15) is 49.0 Å². The summed E-state index contributed by atoms with van der Waals surface area (Å²) in [6.45, 7) is 4.17. The van der Waals surface area contributed by atoms with Gasteiger partial charge in [0.25, 0.3) is 5.91 Å². The predicted octanol–water partition coefficient (Wildman–Crippen LogP) is 2.97. The number of hydrogen-bond acceptors (Lipinski definition) is 7. The molecule has 1 aromatic heterocycles. The lowest BCUT2D eigenvalue weighted by Gasteiger charge is -2.25. The highest BCUT2D eigenvalue weighted by Crippen LogP contribution is 2.36. The number of amides is 1. The van der Waals surface area contributed by atoms with Gasteiger partial charge in [0.1, 0.15) is 5.82 Å². The Balaban J connectivity index is 1.53. The van der Waals surface area contributed by atoms with E-state index in [2.05, 4.69) is 27.5 Å². The lowest BCUT2D eigenvalue weighted by Crippen LogP contribution is -2.48. The Hall–Kier alpha value is -2.84. The van der Waals surface area contributed by atoms with E-state index >= 15 is 0 Å². The Morgan fingerprint density at radius 3 is 2.59 bits per heavy atom. The number of halogens is 1. The Labute approximate surface area is 248 Å². The molecule has 4 atom stereocenters. The number of carbonyl (C=O) groups excluding carboxylic acids is 1. The molecule has 2 saturated carbocycles. The van der Waals surface area contributed by atoms with E-state index in [1.165, 1.54) is 19.2 Å². The second kappa shape index (κ2) is 13.9. The fourth-order valence-corrected chi connectivity index (χ4v) is 5.42. The molecule has 222 valence electrons. The molecular formula is C30H39ClN4O5S. The first-order valence-electron chi connectivity index (χ1n) is 14.0. The Morgan fingerprint density at radius 2 is 1.95 bits per heavy atom. The summed E-state index contributed by atoms with van der Waals surface area (Å²) >= 11 is 6.11. The third-order valence-corrected chi connectivity index (χ3v) is 9.84. The number of nitrogens with zero attached hydrogens (tertiary/aromatic N) is 2. The molecule has 1 aromatic carbocycles. The number of aromatic nitrogens is 1. The minimum Gasteiger partial charge on any atom is -0.477 e. The summed E-state index contributed by atoms with van der Waals surface area (Å²) in [5.74, 6) is 6.66. The highest BCUT2D eigenvalue weighted by molar-refractivity contribution is 7.93. The van der Waals surface area contributed by atoms with E-state index in [9.17, 15) is 18.3 Å². The molecule has 1 amide bonds. The van der Waals surface area contributed by atoms with E-state index in [1.54, 1.807) is 13.8 Å². The number of aliphatic hydroxyl groups excluding tert-OH is 1. The number of sulfonamides is 1. The third kappa shape index (κ3) is 9.07. The van der Waals surface area contributed by atoms with Crippen molar-refractivity contribution in [1.82, 2.24) is 15.6 Å². The minimum atomic E-state index is -3.71. The van der Waals surface area contributed by atoms with Crippen LogP contribution in [0.5, 0.6) is 5.88 Å². The molecule has 4 unspecified atom stereocenters. The number of ether oxygens (including phenoxy) is 1. The van der Waals surface area contributed by atoms with Gasteiger partial charge in [-0.05, 0) is 51.2 Å². The van der Waals surface area contributed by atoms with E-state index in [0.29, 0.717) is 25.5 Å². The SMILES string of the molecule is CC(C)S(=O)(=O)N(C)c1cc(C(=O)NC(Cc2ccccc2)C(O)CNCC#CC2CC2)cc(OCC2CC2Cl)n1. The monoisotopic (exact) mass is 602 g/mol. The molecular weight excluding hydrogens is 564 g/mol. The van der Waals surface area contributed by atoms with Gasteiger partial charge in [-0.2, -0.15) is 4.98 Å². The molecule has 0 saturated heterocycles. The smallest absolute Gasteiger partial charge is 0.251 e. The summed E-state index contributed by atoms with van der Waals surface area (Å²) in [7, 11) is -2.31. The van der Waals surface area contributed by atoms with Gasteiger partial charge in [0.2, 0.25) is 15.9 Å². The summed E-state index contributed by atoms with van der Waals surface area (Å²) in [4.78, 5) is 18.0. The molecule has 2 fully saturated rings. The van der Waals surface area contributed by atoms with Crippen LogP contribution in [0.4, 0.5) is 5.82 Å². The molecule has 0 radical (unpaired) electrons. The number of alkyl halides is 1. The van der Waals surface area contributed by atoms with Crippen molar-refractivity contribution < 1.29 is 23.1 Å². The topological polar surface area (TPSA) is 121 Å². The van der Waals surface area contributed by atoms with Crippen molar-refractivity contribution >= 4 is 33.3 Å². The predicted molar refractivity (Wildman–Crippen MR) is 161 cm³/mol. The van der Waals surface area contributed by atoms with Crippen LogP contribution in [-0.4, -0.2) is 73.9 Å². The van der Waals surface area contributed by atoms with Crippen molar-refractivity contribution in [2.75, 3.05) is 31.0 Å². The lowest BCUT2D eigenvalue weighted by molar-refractivity contribution is 0.0832.